The minimum absolute atomic E-state index is 0.147. The minimum atomic E-state index is -1.02. The van der Waals surface area contributed by atoms with Gasteiger partial charge in [0.15, 0.2) is 0 Å². The maximum Gasteiger partial charge on any atom is 0.320 e. The Morgan fingerprint density at radius 3 is 1.65 bits per heavy atom. The van der Waals surface area contributed by atoms with Gasteiger partial charge in [-0.15, -0.1) is 0 Å². The zero-order chi connectivity index (χ0) is 17.3. The first-order valence-electron chi connectivity index (χ1n) is 9.58. The highest BCUT2D eigenvalue weighted by Gasteiger charge is 2.13. The fraction of sp³-hybridized carbons (Fsp3) is 0.895. The number of hydrogen-bond donors (Lipinski definition) is 2. The minimum Gasteiger partial charge on any atom is -0.480 e. The first-order chi connectivity index (χ1) is 11.1. The van der Waals surface area contributed by atoms with Crippen LogP contribution in [-0.4, -0.2) is 22.9 Å². The molecule has 1 unspecified atom stereocenters. The molecule has 0 saturated heterocycles. The van der Waals surface area contributed by atoms with Gasteiger partial charge in [0.05, 0.1) is 0 Å². The van der Waals surface area contributed by atoms with E-state index in [-0.39, 0.29) is 12.2 Å². The lowest BCUT2D eigenvalue weighted by atomic mass is 10.0. The second kappa shape index (κ2) is 16.0. The van der Waals surface area contributed by atoms with Crippen molar-refractivity contribution in [3.05, 3.63) is 0 Å². The van der Waals surface area contributed by atoms with Crippen LogP contribution in [0, 0.1) is 0 Å². The lowest BCUT2D eigenvalue weighted by Gasteiger charge is -2.05. The highest BCUT2D eigenvalue weighted by molar-refractivity contribution is 5.80. The highest BCUT2D eigenvalue weighted by atomic mass is 16.4. The molecule has 0 amide bonds. The number of unbranched alkanes of at least 4 members (excludes halogenated alkanes) is 11. The number of aliphatic carboxylic acids is 1. The lowest BCUT2D eigenvalue weighted by molar-refractivity contribution is -0.138. The molecule has 23 heavy (non-hydrogen) atoms. The summed E-state index contributed by atoms with van der Waals surface area (Å²) < 4.78 is 0. The summed E-state index contributed by atoms with van der Waals surface area (Å²) in [7, 11) is 0. The Hall–Kier alpha value is -0.900. The van der Waals surface area contributed by atoms with E-state index >= 15 is 0 Å². The first-order valence-corrected chi connectivity index (χ1v) is 9.58. The van der Waals surface area contributed by atoms with E-state index in [2.05, 4.69) is 6.92 Å². The van der Waals surface area contributed by atoms with Crippen LogP contribution >= 0.6 is 0 Å². The predicted molar refractivity (Wildman–Crippen MR) is 95.5 cm³/mol. The van der Waals surface area contributed by atoms with Crippen LogP contribution in [0.2, 0.25) is 0 Å². The maximum atomic E-state index is 11.6. The van der Waals surface area contributed by atoms with E-state index in [1.165, 1.54) is 64.2 Å². The summed E-state index contributed by atoms with van der Waals surface area (Å²) in [5.74, 6) is -0.878. The van der Waals surface area contributed by atoms with Crippen molar-refractivity contribution in [3.8, 4) is 0 Å². The summed E-state index contributed by atoms with van der Waals surface area (Å²) in [6, 6.07) is -0.902. The summed E-state index contributed by atoms with van der Waals surface area (Å²) in [6.07, 6.45) is 16.5. The van der Waals surface area contributed by atoms with Crippen LogP contribution in [0.5, 0.6) is 0 Å². The van der Waals surface area contributed by atoms with E-state index in [4.69, 9.17) is 10.8 Å². The van der Waals surface area contributed by atoms with Gasteiger partial charge in [-0.2, -0.15) is 0 Å². The Balaban J connectivity index is 3.23. The highest BCUT2D eigenvalue weighted by Crippen LogP contribution is 2.13. The van der Waals surface area contributed by atoms with Gasteiger partial charge in [0, 0.05) is 12.8 Å². The number of carboxylic acid groups (broad SMARTS) is 1. The molecule has 4 nitrogen and oxygen atoms in total. The van der Waals surface area contributed by atoms with Crippen molar-refractivity contribution >= 4 is 11.8 Å². The van der Waals surface area contributed by atoms with Crippen molar-refractivity contribution in [3.63, 3.8) is 0 Å². The molecule has 1 atom stereocenters. The van der Waals surface area contributed by atoms with E-state index in [9.17, 15) is 9.59 Å². The molecule has 0 aromatic heterocycles. The third-order valence-corrected chi connectivity index (χ3v) is 4.36. The Morgan fingerprint density at radius 1 is 0.783 bits per heavy atom. The second-order valence-corrected chi connectivity index (χ2v) is 6.66. The molecule has 0 heterocycles. The van der Waals surface area contributed by atoms with Gasteiger partial charge >= 0.3 is 5.97 Å². The van der Waals surface area contributed by atoms with E-state index in [1.54, 1.807) is 0 Å². The molecule has 0 spiro atoms. The number of carboxylic acids is 1. The number of carbonyl (C=O) groups is 2. The molecule has 0 fully saturated rings. The molecule has 0 saturated carbocycles. The van der Waals surface area contributed by atoms with E-state index in [1.807, 2.05) is 0 Å². The summed E-state index contributed by atoms with van der Waals surface area (Å²) in [5.41, 5.74) is 5.38. The Labute approximate surface area is 142 Å². The zero-order valence-electron chi connectivity index (χ0n) is 15.0. The number of ketones is 1. The van der Waals surface area contributed by atoms with Crippen LogP contribution in [0.4, 0.5) is 0 Å². The molecule has 0 radical (unpaired) electrons. The quantitative estimate of drug-likeness (QED) is 0.375. The molecular weight excluding hydrogens is 290 g/mol. The van der Waals surface area contributed by atoms with Crippen molar-refractivity contribution < 1.29 is 14.7 Å². The van der Waals surface area contributed by atoms with Crippen molar-refractivity contribution in [2.75, 3.05) is 0 Å². The third-order valence-electron chi connectivity index (χ3n) is 4.36. The molecule has 4 heteroatoms. The zero-order valence-corrected chi connectivity index (χ0v) is 15.0. The van der Waals surface area contributed by atoms with Crippen molar-refractivity contribution in [1.29, 1.82) is 0 Å². The molecular formula is C19H37NO3. The summed E-state index contributed by atoms with van der Waals surface area (Å²) in [5, 5.41) is 8.65. The van der Waals surface area contributed by atoms with Gasteiger partial charge in [-0.05, 0) is 12.8 Å². The van der Waals surface area contributed by atoms with Crippen molar-refractivity contribution in [2.45, 2.75) is 109 Å². The van der Waals surface area contributed by atoms with E-state index in [0.717, 1.165) is 12.8 Å². The number of rotatable bonds is 17. The van der Waals surface area contributed by atoms with Crippen LogP contribution in [0.3, 0.4) is 0 Å². The van der Waals surface area contributed by atoms with Gasteiger partial charge in [0.2, 0.25) is 0 Å². The standard InChI is InChI=1S/C19H37NO3/c1-2-3-4-5-6-7-8-9-10-11-12-13-14-17(21)15-16-18(20)19(22)23/h18H,2-16,20H2,1H3,(H,22,23). The van der Waals surface area contributed by atoms with Gasteiger partial charge in [0.1, 0.15) is 11.8 Å². The smallest absolute Gasteiger partial charge is 0.320 e. The average Bonchev–Trinajstić information content (AvgIpc) is 2.53. The van der Waals surface area contributed by atoms with Crippen molar-refractivity contribution in [1.82, 2.24) is 0 Å². The number of carbonyl (C=O) groups excluding carboxylic acids is 1. The topological polar surface area (TPSA) is 80.4 Å². The summed E-state index contributed by atoms with van der Waals surface area (Å²) >= 11 is 0. The second-order valence-electron chi connectivity index (χ2n) is 6.66. The molecule has 3 N–H and O–H groups in total. The van der Waals surface area contributed by atoms with Crippen LogP contribution in [0.15, 0.2) is 0 Å². The molecule has 0 aliphatic carbocycles. The maximum absolute atomic E-state index is 11.6. The molecule has 0 bridgehead atoms. The van der Waals surface area contributed by atoms with Gasteiger partial charge in [0.25, 0.3) is 0 Å². The Morgan fingerprint density at radius 2 is 1.22 bits per heavy atom. The summed E-state index contributed by atoms with van der Waals surface area (Å²) in [6.45, 7) is 2.25. The molecule has 0 aliphatic heterocycles. The Kier molecular flexibility index (Phi) is 15.4. The van der Waals surface area contributed by atoms with Gasteiger partial charge in [-0.25, -0.2) is 0 Å². The number of nitrogens with two attached hydrogens (primary N) is 1. The van der Waals surface area contributed by atoms with Crippen molar-refractivity contribution in [2.24, 2.45) is 5.73 Å². The average molecular weight is 328 g/mol. The Bertz CT molecular complexity index is 305. The van der Waals surface area contributed by atoms with E-state index < -0.39 is 12.0 Å². The van der Waals surface area contributed by atoms with Crippen LogP contribution in [0.1, 0.15) is 103 Å². The first kappa shape index (κ1) is 22.1. The molecule has 0 aliphatic rings. The molecule has 0 aromatic rings. The van der Waals surface area contributed by atoms with Crippen LogP contribution in [0.25, 0.3) is 0 Å². The SMILES string of the molecule is CCCCCCCCCCCCCCC(=O)CCC(N)C(=O)O. The molecule has 136 valence electrons. The molecule has 0 rings (SSSR count). The third kappa shape index (κ3) is 15.8. The monoisotopic (exact) mass is 327 g/mol. The summed E-state index contributed by atoms with van der Waals surface area (Å²) in [4.78, 5) is 22.2. The fourth-order valence-electron chi connectivity index (χ4n) is 2.73. The van der Waals surface area contributed by atoms with E-state index in [0.29, 0.717) is 12.8 Å². The van der Waals surface area contributed by atoms with Crippen LogP contribution in [-0.2, 0) is 9.59 Å². The molecule has 0 aromatic carbocycles. The van der Waals surface area contributed by atoms with Gasteiger partial charge < -0.3 is 10.8 Å². The lowest BCUT2D eigenvalue weighted by Crippen LogP contribution is -2.30. The van der Waals surface area contributed by atoms with Crippen LogP contribution < -0.4 is 5.73 Å². The largest absolute Gasteiger partial charge is 0.480 e. The predicted octanol–water partition coefficient (Wildman–Crippen LogP) is 4.84. The number of hydrogen-bond acceptors (Lipinski definition) is 3. The normalized spacial score (nSPS) is 12.3. The van der Waals surface area contributed by atoms with Gasteiger partial charge in [-0.3, -0.25) is 9.59 Å². The number of Topliss-reactive ketones (excluding diaryl/α,β-unsaturated/α-hetero) is 1. The fourth-order valence-corrected chi connectivity index (χ4v) is 2.73. The van der Waals surface area contributed by atoms with Gasteiger partial charge in [-0.1, -0.05) is 77.6 Å².